The average molecular weight is 430 g/mol. The Bertz CT molecular complexity index is 1040. The first-order valence-corrected chi connectivity index (χ1v) is 9.68. The van der Waals surface area contributed by atoms with Crippen molar-refractivity contribution in [3.63, 3.8) is 0 Å². The highest BCUT2D eigenvalue weighted by molar-refractivity contribution is 5.71. The Morgan fingerprint density at radius 1 is 0.903 bits per heavy atom. The van der Waals surface area contributed by atoms with E-state index in [0.717, 1.165) is 18.6 Å². The van der Waals surface area contributed by atoms with Crippen LogP contribution >= 0.6 is 0 Å². The number of rotatable bonds is 8. The highest BCUT2D eigenvalue weighted by Crippen LogP contribution is 2.33. The number of ether oxygens (including phenoxy) is 2. The van der Waals surface area contributed by atoms with Gasteiger partial charge in [0.05, 0.1) is 18.6 Å². The molecule has 0 saturated heterocycles. The Kier molecular flexibility index (Phi) is 6.84. The first-order valence-electron chi connectivity index (χ1n) is 9.68. The third-order valence-corrected chi connectivity index (χ3v) is 4.38. The van der Waals surface area contributed by atoms with Crippen molar-refractivity contribution in [1.82, 2.24) is 0 Å². The van der Waals surface area contributed by atoms with E-state index >= 15 is 0 Å². The SMILES string of the molecule is CCCOc1cc(CC(=O)O)cc(Oc2cccc(-c3ccc(C(F)(F)F)cc3)c2)c1. The summed E-state index contributed by atoms with van der Waals surface area (Å²) < 4.78 is 49.9. The lowest BCUT2D eigenvalue weighted by Gasteiger charge is -2.12. The number of hydrogen-bond acceptors (Lipinski definition) is 3. The maximum atomic E-state index is 12.8. The van der Waals surface area contributed by atoms with Crippen LogP contribution in [0.25, 0.3) is 11.1 Å². The van der Waals surface area contributed by atoms with Gasteiger partial charge in [0, 0.05) is 6.07 Å². The van der Waals surface area contributed by atoms with E-state index < -0.39 is 17.7 Å². The van der Waals surface area contributed by atoms with Gasteiger partial charge in [0.25, 0.3) is 0 Å². The van der Waals surface area contributed by atoms with Crippen LogP contribution in [0.1, 0.15) is 24.5 Å². The van der Waals surface area contributed by atoms with E-state index in [2.05, 4.69) is 0 Å². The monoisotopic (exact) mass is 430 g/mol. The van der Waals surface area contributed by atoms with Crippen molar-refractivity contribution >= 4 is 5.97 Å². The number of carboxylic acids is 1. The third-order valence-electron chi connectivity index (χ3n) is 4.38. The molecule has 7 heteroatoms. The summed E-state index contributed by atoms with van der Waals surface area (Å²) in [5.74, 6) is 0.415. The van der Waals surface area contributed by atoms with E-state index in [9.17, 15) is 18.0 Å². The van der Waals surface area contributed by atoms with Gasteiger partial charge in [-0.15, -0.1) is 0 Å². The average Bonchev–Trinajstić information content (AvgIpc) is 2.71. The van der Waals surface area contributed by atoms with Crippen LogP contribution in [0.5, 0.6) is 17.2 Å². The van der Waals surface area contributed by atoms with Gasteiger partial charge >= 0.3 is 12.1 Å². The summed E-state index contributed by atoms with van der Waals surface area (Å²) in [5, 5.41) is 9.09. The third kappa shape index (κ3) is 6.25. The molecule has 0 spiro atoms. The lowest BCUT2D eigenvalue weighted by Crippen LogP contribution is -2.03. The van der Waals surface area contributed by atoms with Crippen molar-refractivity contribution in [2.45, 2.75) is 25.9 Å². The quantitative estimate of drug-likeness (QED) is 0.439. The molecule has 162 valence electrons. The minimum absolute atomic E-state index is 0.175. The maximum Gasteiger partial charge on any atom is 0.416 e. The van der Waals surface area contributed by atoms with E-state index in [-0.39, 0.29) is 6.42 Å². The van der Waals surface area contributed by atoms with Gasteiger partial charge in [-0.05, 0) is 59.5 Å². The van der Waals surface area contributed by atoms with Crippen LogP contribution in [0.2, 0.25) is 0 Å². The normalized spacial score (nSPS) is 11.2. The summed E-state index contributed by atoms with van der Waals surface area (Å²) >= 11 is 0. The standard InChI is InChI=1S/C24H21F3O4/c1-2-10-30-21-11-16(13-23(28)29)12-22(15-21)31-20-5-3-4-18(14-20)17-6-8-19(9-7-17)24(25,26)27/h3-9,11-12,14-15H,2,10,13H2,1H3,(H,28,29). The predicted octanol–water partition coefficient (Wildman–Crippen LogP) is 6.58. The number of benzene rings is 3. The predicted molar refractivity (Wildman–Crippen MR) is 111 cm³/mol. The molecule has 3 rings (SSSR count). The molecule has 0 unspecified atom stereocenters. The van der Waals surface area contributed by atoms with Crippen molar-refractivity contribution in [2.24, 2.45) is 0 Å². The van der Waals surface area contributed by atoms with Crippen molar-refractivity contribution in [1.29, 1.82) is 0 Å². The molecule has 0 aromatic heterocycles. The van der Waals surface area contributed by atoms with E-state index in [1.54, 1.807) is 42.5 Å². The Hall–Kier alpha value is -3.48. The fraction of sp³-hybridized carbons (Fsp3) is 0.208. The largest absolute Gasteiger partial charge is 0.493 e. The van der Waals surface area contributed by atoms with Crippen molar-refractivity contribution in [3.8, 4) is 28.4 Å². The van der Waals surface area contributed by atoms with Gasteiger partial charge < -0.3 is 14.6 Å². The van der Waals surface area contributed by atoms with Crippen molar-refractivity contribution in [3.05, 3.63) is 77.9 Å². The summed E-state index contributed by atoms with van der Waals surface area (Å²) in [6.07, 6.45) is -3.76. The van der Waals surface area contributed by atoms with Gasteiger partial charge in [0.1, 0.15) is 17.2 Å². The van der Waals surface area contributed by atoms with Crippen LogP contribution in [0.4, 0.5) is 13.2 Å². The fourth-order valence-electron chi connectivity index (χ4n) is 3.00. The number of alkyl halides is 3. The van der Waals surface area contributed by atoms with E-state index in [1.165, 1.54) is 12.1 Å². The Morgan fingerprint density at radius 3 is 2.26 bits per heavy atom. The second kappa shape index (κ2) is 9.55. The highest BCUT2D eigenvalue weighted by atomic mass is 19.4. The first-order chi connectivity index (χ1) is 14.7. The molecule has 3 aromatic carbocycles. The molecule has 0 aliphatic heterocycles. The molecule has 0 atom stereocenters. The number of hydrogen-bond donors (Lipinski definition) is 1. The van der Waals surface area contributed by atoms with Gasteiger partial charge in [-0.3, -0.25) is 4.79 Å². The summed E-state index contributed by atoms with van der Waals surface area (Å²) in [4.78, 5) is 11.1. The van der Waals surface area contributed by atoms with Crippen LogP contribution in [0.15, 0.2) is 66.7 Å². The molecule has 0 amide bonds. The van der Waals surface area contributed by atoms with Crippen LogP contribution < -0.4 is 9.47 Å². The number of aliphatic carboxylic acids is 1. The second-order valence-corrected chi connectivity index (χ2v) is 6.94. The molecule has 3 aromatic rings. The molecule has 4 nitrogen and oxygen atoms in total. The van der Waals surface area contributed by atoms with Crippen LogP contribution in [0.3, 0.4) is 0 Å². The smallest absolute Gasteiger partial charge is 0.416 e. The Balaban J connectivity index is 1.85. The van der Waals surface area contributed by atoms with Gasteiger partial charge in [0.15, 0.2) is 0 Å². The second-order valence-electron chi connectivity index (χ2n) is 6.94. The van der Waals surface area contributed by atoms with E-state index in [0.29, 0.717) is 40.5 Å². The molecule has 0 fully saturated rings. The van der Waals surface area contributed by atoms with E-state index in [4.69, 9.17) is 14.6 Å². The van der Waals surface area contributed by atoms with Gasteiger partial charge in [0.2, 0.25) is 0 Å². The molecule has 0 bridgehead atoms. The zero-order valence-corrected chi connectivity index (χ0v) is 16.8. The molecule has 0 aliphatic carbocycles. The van der Waals surface area contributed by atoms with Gasteiger partial charge in [-0.25, -0.2) is 0 Å². The van der Waals surface area contributed by atoms with Gasteiger partial charge in [-0.2, -0.15) is 13.2 Å². The molecular weight excluding hydrogens is 409 g/mol. The van der Waals surface area contributed by atoms with E-state index in [1.807, 2.05) is 6.92 Å². The summed E-state index contributed by atoms with van der Waals surface area (Å²) in [6.45, 7) is 2.45. The zero-order chi connectivity index (χ0) is 22.4. The maximum absolute atomic E-state index is 12.8. The van der Waals surface area contributed by atoms with Crippen LogP contribution in [-0.4, -0.2) is 17.7 Å². The number of carboxylic acid groups (broad SMARTS) is 1. The topological polar surface area (TPSA) is 55.8 Å². The number of halogens is 3. The highest BCUT2D eigenvalue weighted by Gasteiger charge is 2.29. The molecule has 31 heavy (non-hydrogen) atoms. The lowest BCUT2D eigenvalue weighted by atomic mass is 10.0. The van der Waals surface area contributed by atoms with Crippen LogP contribution in [0, 0.1) is 0 Å². The Morgan fingerprint density at radius 2 is 1.61 bits per heavy atom. The first kappa shape index (κ1) is 22.2. The molecule has 1 N–H and O–H groups in total. The van der Waals surface area contributed by atoms with Crippen LogP contribution in [-0.2, 0) is 17.4 Å². The minimum atomic E-state index is -4.39. The summed E-state index contributed by atoms with van der Waals surface area (Å²) in [7, 11) is 0. The van der Waals surface area contributed by atoms with Gasteiger partial charge in [-0.1, -0.05) is 31.2 Å². The molecular formula is C24H21F3O4. The summed E-state index contributed by atoms with van der Waals surface area (Å²) in [5.41, 5.74) is 1.13. The molecule has 0 saturated carbocycles. The fourth-order valence-corrected chi connectivity index (χ4v) is 3.00. The lowest BCUT2D eigenvalue weighted by molar-refractivity contribution is -0.138. The Labute approximate surface area is 177 Å². The zero-order valence-electron chi connectivity index (χ0n) is 16.8. The van der Waals surface area contributed by atoms with Crippen molar-refractivity contribution in [2.75, 3.05) is 6.61 Å². The molecule has 0 aliphatic rings. The van der Waals surface area contributed by atoms with Crippen molar-refractivity contribution < 1.29 is 32.5 Å². The minimum Gasteiger partial charge on any atom is -0.493 e. The molecule has 0 radical (unpaired) electrons. The molecule has 0 heterocycles. The summed E-state index contributed by atoms with van der Waals surface area (Å²) in [6, 6.07) is 16.8. The number of carbonyl (C=O) groups is 1.